The highest BCUT2D eigenvalue weighted by molar-refractivity contribution is 6.00. The lowest BCUT2D eigenvalue weighted by Crippen LogP contribution is -2.46. The summed E-state index contributed by atoms with van der Waals surface area (Å²) < 4.78 is 5.25. The van der Waals surface area contributed by atoms with Crippen LogP contribution in [0.15, 0.2) is 0 Å². The SMILES string of the molecule is CC(=O)N1CCC(NC(=O)c2[nH]c(C)c(C(=O)OC(C)C)c2C)CC1. The number of aromatic nitrogens is 1. The van der Waals surface area contributed by atoms with Crippen molar-refractivity contribution < 1.29 is 19.1 Å². The van der Waals surface area contributed by atoms with Crippen molar-refractivity contribution in [3.05, 3.63) is 22.5 Å². The number of nitrogens with one attached hydrogen (secondary N) is 2. The molecule has 1 aromatic heterocycles. The molecule has 0 atom stereocenters. The molecule has 0 radical (unpaired) electrons. The number of amides is 2. The van der Waals surface area contributed by atoms with Gasteiger partial charge < -0.3 is 19.9 Å². The molecule has 0 aliphatic carbocycles. The van der Waals surface area contributed by atoms with Crippen LogP contribution in [0.3, 0.4) is 0 Å². The highest BCUT2D eigenvalue weighted by atomic mass is 16.5. The third-order valence-corrected chi connectivity index (χ3v) is 4.49. The number of aromatic amines is 1. The number of hydrogen-bond donors (Lipinski definition) is 2. The van der Waals surface area contributed by atoms with Gasteiger partial charge in [-0.05, 0) is 46.1 Å². The molecule has 2 N–H and O–H groups in total. The molecule has 0 unspecified atom stereocenters. The highest BCUT2D eigenvalue weighted by Crippen LogP contribution is 2.20. The predicted octanol–water partition coefficient (Wildman–Crippen LogP) is 1.94. The Balaban J connectivity index is 2.05. The second-order valence-electron chi connectivity index (χ2n) is 6.83. The van der Waals surface area contributed by atoms with Gasteiger partial charge in [0, 0.05) is 31.7 Å². The molecule has 2 amide bonds. The quantitative estimate of drug-likeness (QED) is 0.813. The molecule has 7 nitrogen and oxygen atoms in total. The first-order valence-electron chi connectivity index (χ1n) is 8.67. The number of ether oxygens (including phenoxy) is 1. The van der Waals surface area contributed by atoms with Crippen molar-refractivity contribution in [1.29, 1.82) is 0 Å². The molecular formula is C18H27N3O4. The van der Waals surface area contributed by atoms with E-state index in [1.807, 2.05) is 0 Å². The Morgan fingerprint density at radius 3 is 2.32 bits per heavy atom. The molecule has 2 heterocycles. The molecule has 0 aromatic carbocycles. The number of carbonyl (C=O) groups is 3. The Morgan fingerprint density at radius 2 is 1.80 bits per heavy atom. The van der Waals surface area contributed by atoms with Gasteiger partial charge in [0.25, 0.3) is 5.91 Å². The van der Waals surface area contributed by atoms with Crippen LogP contribution in [-0.2, 0) is 9.53 Å². The number of aryl methyl sites for hydroxylation is 1. The number of carbonyl (C=O) groups excluding carboxylic acids is 3. The van der Waals surface area contributed by atoms with E-state index >= 15 is 0 Å². The summed E-state index contributed by atoms with van der Waals surface area (Å²) in [6.45, 7) is 9.93. The zero-order valence-electron chi connectivity index (χ0n) is 15.6. The number of H-pyrrole nitrogens is 1. The summed E-state index contributed by atoms with van der Waals surface area (Å²) in [5.74, 6) is -0.588. The topological polar surface area (TPSA) is 91.5 Å². The highest BCUT2D eigenvalue weighted by Gasteiger charge is 2.26. The van der Waals surface area contributed by atoms with Crippen molar-refractivity contribution in [2.45, 2.75) is 59.6 Å². The van der Waals surface area contributed by atoms with Gasteiger partial charge in [-0.25, -0.2) is 4.79 Å². The largest absolute Gasteiger partial charge is 0.459 e. The van der Waals surface area contributed by atoms with Crippen molar-refractivity contribution >= 4 is 17.8 Å². The van der Waals surface area contributed by atoms with E-state index in [0.29, 0.717) is 35.6 Å². The molecule has 0 saturated carbocycles. The van der Waals surface area contributed by atoms with E-state index in [2.05, 4.69) is 10.3 Å². The van der Waals surface area contributed by atoms with Crippen LogP contribution in [0.25, 0.3) is 0 Å². The summed E-state index contributed by atoms with van der Waals surface area (Å²) in [6.07, 6.45) is 1.24. The molecular weight excluding hydrogens is 322 g/mol. The second kappa shape index (κ2) is 7.72. The fourth-order valence-electron chi connectivity index (χ4n) is 3.15. The number of rotatable bonds is 4. The second-order valence-corrected chi connectivity index (χ2v) is 6.83. The van der Waals surface area contributed by atoms with E-state index in [-0.39, 0.29) is 24.0 Å². The minimum atomic E-state index is -0.421. The number of hydrogen-bond acceptors (Lipinski definition) is 4. The summed E-state index contributed by atoms with van der Waals surface area (Å²) in [4.78, 5) is 41.0. The van der Waals surface area contributed by atoms with E-state index in [4.69, 9.17) is 4.74 Å². The van der Waals surface area contributed by atoms with Crippen LogP contribution in [0.1, 0.15) is 65.7 Å². The van der Waals surface area contributed by atoms with Crippen molar-refractivity contribution in [1.82, 2.24) is 15.2 Å². The molecule has 2 rings (SSSR count). The first kappa shape index (κ1) is 19.0. The summed E-state index contributed by atoms with van der Waals surface area (Å²) >= 11 is 0. The summed E-state index contributed by atoms with van der Waals surface area (Å²) in [5, 5.41) is 3.00. The molecule has 7 heteroatoms. The molecule has 138 valence electrons. The normalized spacial score (nSPS) is 15.4. The third-order valence-electron chi connectivity index (χ3n) is 4.49. The lowest BCUT2D eigenvalue weighted by Gasteiger charge is -2.31. The molecule has 1 aromatic rings. The maximum atomic E-state index is 12.6. The fraction of sp³-hybridized carbons (Fsp3) is 0.611. The summed E-state index contributed by atoms with van der Waals surface area (Å²) in [7, 11) is 0. The summed E-state index contributed by atoms with van der Waals surface area (Å²) in [5.41, 5.74) is 2.04. The van der Waals surface area contributed by atoms with Crippen molar-refractivity contribution in [3.63, 3.8) is 0 Å². The zero-order chi connectivity index (χ0) is 18.7. The van der Waals surface area contributed by atoms with Gasteiger partial charge in [-0.2, -0.15) is 0 Å². The van der Waals surface area contributed by atoms with Crippen molar-refractivity contribution in [2.75, 3.05) is 13.1 Å². The van der Waals surface area contributed by atoms with E-state index in [1.54, 1.807) is 39.5 Å². The number of likely N-dealkylation sites (tertiary alicyclic amines) is 1. The maximum Gasteiger partial charge on any atom is 0.340 e. The van der Waals surface area contributed by atoms with Gasteiger partial charge in [0.2, 0.25) is 5.91 Å². The van der Waals surface area contributed by atoms with E-state index in [1.165, 1.54) is 0 Å². The van der Waals surface area contributed by atoms with Gasteiger partial charge in [0.05, 0.1) is 11.7 Å². The van der Waals surface area contributed by atoms with Crippen LogP contribution >= 0.6 is 0 Å². The minimum Gasteiger partial charge on any atom is -0.459 e. The number of piperidine rings is 1. The van der Waals surface area contributed by atoms with Crippen LogP contribution in [0.4, 0.5) is 0 Å². The Bertz CT molecular complexity index is 670. The van der Waals surface area contributed by atoms with Crippen LogP contribution in [0, 0.1) is 13.8 Å². The molecule has 0 spiro atoms. The Kier molecular flexibility index (Phi) is 5.87. The van der Waals surface area contributed by atoms with Gasteiger partial charge in [0.1, 0.15) is 5.69 Å². The van der Waals surface area contributed by atoms with Crippen LogP contribution in [-0.4, -0.2) is 52.9 Å². The first-order chi connectivity index (χ1) is 11.7. The lowest BCUT2D eigenvalue weighted by molar-refractivity contribution is -0.129. The Hall–Kier alpha value is -2.31. The first-order valence-corrected chi connectivity index (χ1v) is 8.67. The molecule has 25 heavy (non-hydrogen) atoms. The average molecular weight is 349 g/mol. The Labute approximate surface area is 148 Å². The van der Waals surface area contributed by atoms with Gasteiger partial charge in [-0.15, -0.1) is 0 Å². The smallest absolute Gasteiger partial charge is 0.340 e. The lowest BCUT2D eigenvalue weighted by atomic mass is 10.0. The zero-order valence-corrected chi connectivity index (χ0v) is 15.6. The van der Waals surface area contributed by atoms with Crippen molar-refractivity contribution in [2.24, 2.45) is 0 Å². The van der Waals surface area contributed by atoms with Crippen LogP contribution in [0.2, 0.25) is 0 Å². The van der Waals surface area contributed by atoms with Crippen LogP contribution < -0.4 is 5.32 Å². The third kappa shape index (κ3) is 4.41. The van der Waals surface area contributed by atoms with Gasteiger partial charge in [-0.1, -0.05) is 0 Å². The molecule has 1 aliphatic heterocycles. The van der Waals surface area contributed by atoms with E-state index in [9.17, 15) is 14.4 Å². The predicted molar refractivity (Wildman–Crippen MR) is 93.6 cm³/mol. The van der Waals surface area contributed by atoms with E-state index < -0.39 is 5.97 Å². The standard InChI is InChI=1S/C18H27N3O4/c1-10(2)25-18(24)15-11(3)16(19-12(15)4)17(23)20-14-6-8-21(9-7-14)13(5)22/h10,14,19H,6-9H2,1-5H3,(H,20,23). The average Bonchev–Trinajstić information content (AvgIpc) is 2.82. The van der Waals surface area contributed by atoms with Gasteiger partial charge >= 0.3 is 5.97 Å². The van der Waals surface area contributed by atoms with E-state index in [0.717, 1.165) is 12.8 Å². The maximum absolute atomic E-state index is 12.6. The van der Waals surface area contributed by atoms with Crippen molar-refractivity contribution in [3.8, 4) is 0 Å². The summed E-state index contributed by atoms with van der Waals surface area (Å²) in [6, 6.07) is 0.0252. The number of esters is 1. The van der Waals surface area contributed by atoms with Gasteiger partial charge in [0.15, 0.2) is 0 Å². The Morgan fingerprint density at radius 1 is 1.20 bits per heavy atom. The van der Waals surface area contributed by atoms with Crippen LogP contribution in [0.5, 0.6) is 0 Å². The molecule has 0 bridgehead atoms. The van der Waals surface area contributed by atoms with Gasteiger partial charge in [-0.3, -0.25) is 9.59 Å². The monoisotopic (exact) mass is 349 g/mol. The number of nitrogens with zero attached hydrogens (tertiary/aromatic N) is 1. The molecule has 1 aliphatic rings. The molecule has 1 fully saturated rings. The fourth-order valence-corrected chi connectivity index (χ4v) is 3.15. The minimum absolute atomic E-state index is 0.0252. The molecule has 1 saturated heterocycles.